The molecular formula is C14H11NO4. The maximum absolute atomic E-state index is 12.2. The second kappa shape index (κ2) is 4.94. The van der Waals surface area contributed by atoms with Crippen LogP contribution < -0.4 is 0 Å². The van der Waals surface area contributed by atoms with Crippen molar-refractivity contribution in [2.24, 2.45) is 0 Å². The van der Waals surface area contributed by atoms with E-state index in [4.69, 9.17) is 11.5 Å². The van der Waals surface area contributed by atoms with Crippen LogP contribution in [0.5, 0.6) is 0 Å². The van der Waals surface area contributed by atoms with Crippen molar-refractivity contribution in [2.75, 3.05) is 0 Å². The highest BCUT2D eigenvalue weighted by Crippen LogP contribution is 2.22. The molecule has 1 N–H and O–H groups in total. The molecule has 1 heterocycles. The van der Waals surface area contributed by atoms with Crippen molar-refractivity contribution in [1.82, 2.24) is 4.90 Å². The average Bonchev–Trinajstić information content (AvgIpc) is 2.37. The molecule has 19 heavy (non-hydrogen) atoms. The number of imide groups is 1. The minimum absolute atomic E-state index is 0.0102. The first-order chi connectivity index (χ1) is 9.06. The van der Waals surface area contributed by atoms with Crippen molar-refractivity contribution >= 4 is 17.8 Å². The van der Waals surface area contributed by atoms with Crippen LogP contribution in [-0.4, -0.2) is 33.8 Å². The molecule has 1 aromatic carbocycles. The fourth-order valence-corrected chi connectivity index (χ4v) is 2.09. The highest BCUT2D eigenvalue weighted by atomic mass is 16.4. The number of aliphatic carboxylic acids is 1. The molecule has 2 rings (SSSR count). The van der Waals surface area contributed by atoms with Crippen LogP contribution >= 0.6 is 0 Å². The van der Waals surface area contributed by atoms with Crippen molar-refractivity contribution in [3.05, 3.63) is 35.4 Å². The van der Waals surface area contributed by atoms with E-state index in [9.17, 15) is 14.4 Å². The van der Waals surface area contributed by atoms with E-state index >= 15 is 0 Å². The van der Waals surface area contributed by atoms with E-state index in [1.54, 1.807) is 24.3 Å². The minimum Gasteiger partial charge on any atom is -0.480 e. The molecule has 1 aromatic rings. The predicted octanol–water partition coefficient (Wildman–Crippen LogP) is 0.688. The lowest BCUT2D eigenvalue weighted by Crippen LogP contribution is -2.51. The number of carboxylic acid groups (broad SMARTS) is 1. The van der Waals surface area contributed by atoms with Gasteiger partial charge in [0, 0.05) is 12.0 Å². The topological polar surface area (TPSA) is 74.7 Å². The van der Waals surface area contributed by atoms with Crippen LogP contribution in [0, 0.1) is 12.3 Å². The molecular weight excluding hydrogens is 246 g/mol. The van der Waals surface area contributed by atoms with Crippen LogP contribution in [0.1, 0.15) is 22.3 Å². The van der Waals surface area contributed by atoms with E-state index in [0.29, 0.717) is 11.1 Å². The second-order valence-electron chi connectivity index (χ2n) is 4.17. The van der Waals surface area contributed by atoms with Crippen LogP contribution in [0.2, 0.25) is 0 Å². The molecule has 0 saturated heterocycles. The summed E-state index contributed by atoms with van der Waals surface area (Å²) >= 11 is 0. The molecule has 0 fully saturated rings. The predicted molar refractivity (Wildman–Crippen MR) is 66.2 cm³/mol. The number of benzene rings is 1. The summed E-state index contributed by atoms with van der Waals surface area (Å²) in [6.07, 6.45) is 4.91. The summed E-state index contributed by atoms with van der Waals surface area (Å²) in [4.78, 5) is 36.1. The number of hydrogen-bond acceptors (Lipinski definition) is 3. The molecule has 2 amide bonds. The smallest absolute Gasteiger partial charge is 0.327 e. The molecule has 1 aliphatic heterocycles. The van der Waals surface area contributed by atoms with Gasteiger partial charge in [-0.15, -0.1) is 12.3 Å². The molecule has 0 saturated carbocycles. The number of carbonyl (C=O) groups excluding carboxylic acids is 2. The molecule has 1 aliphatic rings. The van der Waals surface area contributed by atoms with Crippen molar-refractivity contribution in [1.29, 1.82) is 0 Å². The van der Waals surface area contributed by atoms with Gasteiger partial charge in [-0.25, -0.2) is 4.79 Å². The monoisotopic (exact) mass is 257 g/mol. The largest absolute Gasteiger partial charge is 0.480 e. The summed E-state index contributed by atoms with van der Waals surface area (Å²) in [5.74, 6) is -0.232. The summed E-state index contributed by atoms with van der Waals surface area (Å²) in [6.45, 7) is 0. The van der Waals surface area contributed by atoms with Crippen LogP contribution in [0.3, 0.4) is 0 Å². The Hall–Kier alpha value is -2.61. The molecule has 5 heteroatoms. The fourth-order valence-electron chi connectivity index (χ4n) is 2.09. The zero-order valence-electron chi connectivity index (χ0n) is 10.00. The molecule has 96 valence electrons. The summed E-state index contributed by atoms with van der Waals surface area (Å²) in [5.41, 5.74) is 0.962. The normalized spacial score (nSPS) is 15.6. The number of fused-ring (bicyclic) bond motifs is 1. The van der Waals surface area contributed by atoms with E-state index in [-0.39, 0.29) is 12.8 Å². The Bertz CT molecular complexity index is 600. The standard InChI is InChI=1S/C14H11NO4/c1-2-5-11(14(18)19)15-12(16)8-9-6-3-4-7-10(9)13(15)17/h1,3-4,6-7,11H,5,8H2,(H,18,19). The molecule has 0 aromatic heterocycles. The van der Waals surface area contributed by atoms with E-state index in [1.807, 2.05) is 0 Å². The number of carbonyl (C=O) groups is 3. The number of hydrogen-bond donors (Lipinski definition) is 1. The SMILES string of the molecule is C#CCC(C(=O)O)N1C(=O)Cc2ccccc2C1=O. The third-order valence-corrected chi connectivity index (χ3v) is 2.98. The van der Waals surface area contributed by atoms with Gasteiger partial charge < -0.3 is 5.11 Å². The van der Waals surface area contributed by atoms with Gasteiger partial charge in [0.25, 0.3) is 5.91 Å². The molecule has 1 atom stereocenters. The molecule has 1 unspecified atom stereocenters. The number of terminal acetylenes is 1. The molecule has 0 bridgehead atoms. The van der Waals surface area contributed by atoms with Crippen LogP contribution in [0.25, 0.3) is 0 Å². The van der Waals surface area contributed by atoms with Gasteiger partial charge in [0.2, 0.25) is 5.91 Å². The number of rotatable bonds is 3. The molecule has 5 nitrogen and oxygen atoms in total. The number of amides is 2. The van der Waals surface area contributed by atoms with E-state index in [2.05, 4.69) is 5.92 Å². The Morgan fingerprint density at radius 3 is 2.74 bits per heavy atom. The van der Waals surface area contributed by atoms with E-state index in [0.717, 1.165) is 4.90 Å². The summed E-state index contributed by atoms with van der Waals surface area (Å²) in [7, 11) is 0. The van der Waals surface area contributed by atoms with Gasteiger partial charge in [-0.3, -0.25) is 14.5 Å². The quantitative estimate of drug-likeness (QED) is 0.638. The zero-order valence-corrected chi connectivity index (χ0v) is 10.00. The van der Waals surface area contributed by atoms with Gasteiger partial charge in [-0.1, -0.05) is 18.2 Å². The van der Waals surface area contributed by atoms with Crippen molar-refractivity contribution in [3.63, 3.8) is 0 Å². The Balaban J connectivity index is 2.43. The maximum atomic E-state index is 12.2. The van der Waals surface area contributed by atoms with Gasteiger partial charge in [-0.2, -0.15) is 0 Å². The van der Waals surface area contributed by atoms with Crippen molar-refractivity contribution < 1.29 is 19.5 Å². The number of nitrogens with zero attached hydrogens (tertiary/aromatic N) is 1. The Morgan fingerprint density at radius 1 is 1.42 bits per heavy atom. The summed E-state index contributed by atoms with van der Waals surface area (Å²) in [6, 6.07) is 5.34. The van der Waals surface area contributed by atoms with E-state index < -0.39 is 23.8 Å². The second-order valence-corrected chi connectivity index (χ2v) is 4.17. The highest BCUT2D eigenvalue weighted by Gasteiger charge is 2.38. The van der Waals surface area contributed by atoms with Gasteiger partial charge in [0.15, 0.2) is 0 Å². The third kappa shape index (κ3) is 2.20. The fraction of sp³-hybridized carbons (Fsp3) is 0.214. The molecule has 0 radical (unpaired) electrons. The Labute approximate surface area is 109 Å². The minimum atomic E-state index is -1.31. The highest BCUT2D eigenvalue weighted by molar-refractivity contribution is 6.11. The van der Waals surface area contributed by atoms with Crippen molar-refractivity contribution in [3.8, 4) is 12.3 Å². The first-order valence-electron chi connectivity index (χ1n) is 5.67. The average molecular weight is 257 g/mol. The van der Waals surface area contributed by atoms with Gasteiger partial charge in [0.05, 0.1) is 6.42 Å². The van der Waals surface area contributed by atoms with Crippen LogP contribution in [0.4, 0.5) is 0 Å². The lowest BCUT2D eigenvalue weighted by atomic mass is 9.96. The third-order valence-electron chi connectivity index (χ3n) is 2.98. The number of carboxylic acids is 1. The first kappa shape index (κ1) is 12.8. The first-order valence-corrected chi connectivity index (χ1v) is 5.67. The van der Waals surface area contributed by atoms with E-state index in [1.165, 1.54) is 0 Å². The Morgan fingerprint density at radius 2 is 2.11 bits per heavy atom. The lowest BCUT2D eigenvalue weighted by molar-refractivity contribution is -0.147. The molecule has 0 spiro atoms. The van der Waals surface area contributed by atoms with Crippen LogP contribution in [0.15, 0.2) is 24.3 Å². The Kier molecular flexibility index (Phi) is 3.34. The van der Waals surface area contributed by atoms with Crippen molar-refractivity contribution in [2.45, 2.75) is 18.9 Å². The zero-order chi connectivity index (χ0) is 14.0. The summed E-state index contributed by atoms with van der Waals surface area (Å²) in [5, 5.41) is 9.10. The lowest BCUT2D eigenvalue weighted by Gasteiger charge is -2.30. The summed E-state index contributed by atoms with van der Waals surface area (Å²) < 4.78 is 0. The molecule has 0 aliphatic carbocycles. The van der Waals surface area contributed by atoms with Gasteiger partial charge >= 0.3 is 5.97 Å². The maximum Gasteiger partial charge on any atom is 0.327 e. The van der Waals surface area contributed by atoms with Gasteiger partial charge in [-0.05, 0) is 11.6 Å². The van der Waals surface area contributed by atoms with Gasteiger partial charge in [0.1, 0.15) is 6.04 Å². The van der Waals surface area contributed by atoms with Crippen LogP contribution in [-0.2, 0) is 16.0 Å².